The van der Waals surface area contributed by atoms with Gasteiger partial charge in [-0.25, -0.2) is 8.42 Å². The van der Waals surface area contributed by atoms with E-state index < -0.39 is 14.9 Å². The Morgan fingerprint density at radius 1 is 1.25 bits per heavy atom. The zero-order valence-electron chi connectivity index (χ0n) is 13.1. The molecule has 0 radical (unpaired) electrons. The van der Waals surface area contributed by atoms with Crippen LogP contribution in [0.4, 0.5) is 17.1 Å². The fourth-order valence-electron chi connectivity index (χ4n) is 2.97. The van der Waals surface area contributed by atoms with Gasteiger partial charge in [0.2, 0.25) is 0 Å². The van der Waals surface area contributed by atoms with Crippen molar-refractivity contribution in [3.05, 3.63) is 57.6 Å². The summed E-state index contributed by atoms with van der Waals surface area (Å²) in [7, 11) is -3.91. The molecule has 7 nitrogen and oxygen atoms in total. The molecular formula is C16H17N3O4S. The lowest BCUT2D eigenvalue weighted by molar-refractivity contribution is -0.385. The van der Waals surface area contributed by atoms with E-state index in [1.165, 1.54) is 16.4 Å². The minimum atomic E-state index is -3.91. The second-order valence-corrected chi connectivity index (χ2v) is 7.56. The number of aryl methyl sites for hydroxylation is 1. The molecule has 24 heavy (non-hydrogen) atoms. The number of hydrogen-bond donors (Lipinski definition) is 1. The van der Waals surface area contributed by atoms with Crippen molar-refractivity contribution in [2.24, 2.45) is 0 Å². The highest BCUT2D eigenvalue weighted by Crippen LogP contribution is 2.36. The molecule has 126 valence electrons. The van der Waals surface area contributed by atoms with Gasteiger partial charge in [-0.2, -0.15) is 0 Å². The molecule has 2 aromatic rings. The monoisotopic (exact) mass is 347 g/mol. The van der Waals surface area contributed by atoms with Gasteiger partial charge in [-0.3, -0.25) is 14.4 Å². The average Bonchev–Trinajstić information content (AvgIpc) is 2.54. The van der Waals surface area contributed by atoms with E-state index in [0.717, 1.165) is 11.6 Å². The van der Waals surface area contributed by atoms with E-state index in [9.17, 15) is 18.5 Å². The second-order valence-electron chi connectivity index (χ2n) is 5.73. The van der Waals surface area contributed by atoms with Gasteiger partial charge in [-0.05, 0) is 43.0 Å². The molecule has 1 aliphatic heterocycles. The van der Waals surface area contributed by atoms with E-state index in [-0.39, 0.29) is 10.6 Å². The standard InChI is InChI=1S/C16H17N3O4S/c1-11-7-8-12(19(20)21)10-16(11)24(22,23)18-9-3-4-13-14(17)5-2-6-15(13)18/h2,5-8,10H,3-4,9,17H2,1H3. The van der Waals surface area contributed by atoms with Crippen molar-refractivity contribution < 1.29 is 13.3 Å². The lowest BCUT2D eigenvalue weighted by Crippen LogP contribution is -2.36. The SMILES string of the molecule is Cc1ccc([N+](=O)[O-])cc1S(=O)(=O)N1CCCc2c(N)cccc21. The zero-order valence-corrected chi connectivity index (χ0v) is 13.9. The maximum atomic E-state index is 13.1. The van der Waals surface area contributed by atoms with Crippen LogP contribution in [0.5, 0.6) is 0 Å². The number of non-ortho nitro benzene ring substituents is 1. The first kappa shape index (κ1) is 16.3. The first-order valence-electron chi connectivity index (χ1n) is 7.47. The third-order valence-electron chi connectivity index (χ3n) is 4.19. The molecule has 0 unspecified atom stereocenters. The minimum absolute atomic E-state index is 0.0491. The molecule has 0 spiro atoms. The molecule has 3 rings (SSSR count). The summed E-state index contributed by atoms with van der Waals surface area (Å²) in [4.78, 5) is 10.3. The van der Waals surface area contributed by atoms with Crippen molar-refractivity contribution in [3.63, 3.8) is 0 Å². The highest BCUT2D eigenvalue weighted by molar-refractivity contribution is 7.92. The summed E-state index contributed by atoms with van der Waals surface area (Å²) in [5.41, 5.74) is 8.10. The summed E-state index contributed by atoms with van der Waals surface area (Å²) in [5, 5.41) is 11.0. The summed E-state index contributed by atoms with van der Waals surface area (Å²) in [5.74, 6) is 0. The van der Waals surface area contributed by atoms with E-state index >= 15 is 0 Å². The van der Waals surface area contributed by atoms with Gasteiger partial charge in [0.25, 0.3) is 15.7 Å². The quantitative estimate of drug-likeness (QED) is 0.522. The Hall–Kier alpha value is -2.61. The normalized spacial score (nSPS) is 14.3. The largest absolute Gasteiger partial charge is 0.398 e. The Morgan fingerprint density at radius 3 is 2.71 bits per heavy atom. The summed E-state index contributed by atoms with van der Waals surface area (Å²) >= 11 is 0. The highest BCUT2D eigenvalue weighted by Gasteiger charge is 2.31. The van der Waals surface area contributed by atoms with Crippen LogP contribution < -0.4 is 10.0 Å². The van der Waals surface area contributed by atoms with E-state index in [2.05, 4.69) is 0 Å². The van der Waals surface area contributed by atoms with Gasteiger partial charge in [-0.15, -0.1) is 0 Å². The Labute approximate surface area is 139 Å². The molecule has 0 saturated carbocycles. The lowest BCUT2D eigenvalue weighted by atomic mass is 10.0. The van der Waals surface area contributed by atoms with Crippen LogP contribution >= 0.6 is 0 Å². The molecule has 0 atom stereocenters. The summed E-state index contributed by atoms with van der Waals surface area (Å²) < 4.78 is 27.5. The third-order valence-corrected chi connectivity index (χ3v) is 6.15. The number of nitrogens with zero attached hydrogens (tertiary/aromatic N) is 2. The molecule has 2 aromatic carbocycles. The predicted molar refractivity (Wildman–Crippen MR) is 91.5 cm³/mol. The first-order valence-corrected chi connectivity index (χ1v) is 8.91. The summed E-state index contributed by atoms with van der Waals surface area (Å²) in [6.07, 6.45) is 1.36. The van der Waals surface area contributed by atoms with Crippen molar-refractivity contribution >= 4 is 27.1 Å². The van der Waals surface area contributed by atoms with E-state index in [0.29, 0.717) is 36.3 Å². The van der Waals surface area contributed by atoms with Gasteiger partial charge in [0, 0.05) is 24.4 Å². The Balaban J connectivity index is 2.16. The number of nitrogen functional groups attached to an aromatic ring is 1. The van der Waals surface area contributed by atoms with Crippen LogP contribution in [-0.4, -0.2) is 19.9 Å². The number of rotatable bonds is 3. The summed E-state index contributed by atoms with van der Waals surface area (Å²) in [6.45, 7) is 1.95. The lowest BCUT2D eigenvalue weighted by Gasteiger charge is -2.31. The van der Waals surface area contributed by atoms with E-state index in [4.69, 9.17) is 5.73 Å². The Kier molecular flexibility index (Phi) is 3.92. The number of sulfonamides is 1. The molecule has 1 aliphatic rings. The van der Waals surface area contributed by atoms with Gasteiger partial charge in [-0.1, -0.05) is 12.1 Å². The third kappa shape index (κ3) is 2.58. The van der Waals surface area contributed by atoms with Crippen LogP contribution in [0.1, 0.15) is 17.5 Å². The molecular weight excluding hydrogens is 330 g/mol. The average molecular weight is 347 g/mol. The van der Waals surface area contributed by atoms with E-state index in [1.54, 1.807) is 25.1 Å². The van der Waals surface area contributed by atoms with Crippen LogP contribution in [0.15, 0.2) is 41.3 Å². The van der Waals surface area contributed by atoms with Crippen molar-refractivity contribution in [2.45, 2.75) is 24.7 Å². The number of hydrogen-bond acceptors (Lipinski definition) is 5. The predicted octanol–water partition coefficient (Wildman–Crippen LogP) is 2.63. The van der Waals surface area contributed by atoms with Gasteiger partial charge in [0.15, 0.2) is 0 Å². The maximum Gasteiger partial charge on any atom is 0.270 e. The van der Waals surface area contributed by atoms with Crippen LogP contribution in [0.2, 0.25) is 0 Å². The number of benzene rings is 2. The van der Waals surface area contributed by atoms with Gasteiger partial charge < -0.3 is 5.73 Å². The number of anilines is 2. The fraction of sp³-hybridized carbons (Fsp3) is 0.250. The van der Waals surface area contributed by atoms with E-state index in [1.807, 2.05) is 0 Å². The smallest absolute Gasteiger partial charge is 0.270 e. The number of nitro benzene ring substituents is 1. The molecule has 1 heterocycles. The van der Waals surface area contributed by atoms with Gasteiger partial charge in [0.1, 0.15) is 0 Å². The van der Waals surface area contributed by atoms with Crippen molar-refractivity contribution in [1.82, 2.24) is 0 Å². The molecule has 0 saturated heterocycles. The van der Waals surface area contributed by atoms with Crippen molar-refractivity contribution in [1.29, 1.82) is 0 Å². The van der Waals surface area contributed by atoms with Crippen molar-refractivity contribution in [2.75, 3.05) is 16.6 Å². The fourth-order valence-corrected chi connectivity index (χ4v) is 4.75. The van der Waals surface area contributed by atoms with Crippen LogP contribution in [0, 0.1) is 17.0 Å². The second kappa shape index (κ2) is 5.79. The molecule has 0 aromatic heterocycles. The number of nitro groups is 1. The van der Waals surface area contributed by atoms with Crippen LogP contribution in [0.25, 0.3) is 0 Å². The number of fused-ring (bicyclic) bond motifs is 1. The summed E-state index contributed by atoms with van der Waals surface area (Å²) in [6, 6.07) is 9.04. The molecule has 0 amide bonds. The molecule has 0 bridgehead atoms. The topological polar surface area (TPSA) is 107 Å². The number of nitrogens with two attached hydrogens (primary N) is 1. The Bertz CT molecular complexity index is 925. The molecule has 0 aliphatic carbocycles. The minimum Gasteiger partial charge on any atom is -0.398 e. The van der Waals surface area contributed by atoms with Crippen LogP contribution in [-0.2, 0) is 16.4 Å². The van der Waals surface area contributed by atoms with Crippen molar-refractivity contribution in [3.8, 4) is 0 Å². The first-order chi connectivity index (χ1) is 11.3. The highest BCUT2D eigenvalue weighted by atomic mass is 32.2. The molecule has 8 heteroatoms. The molecule has 0 fully saturated rings. The van der Waals surface area contributed by atoms with Crippen LogP contribution in [0.3, 0.4) is 0 Å². The van der Waals surface area contributed by atoms with Gasteiger partial charge >= 0.3 is 0 Å². The Morgan fingerprint density at radius 2 is 2.00 bits per heavy atom. The zero-order chi connectivity index (χ0) is 17.5. The van der Waals surface area contributed by atoms with Gasteiger partial charge in [0.05, 0.1) is 15.5 Å². The maximum absolute atomic E-state index is 13.1. The molecule has 2 N–H and O–H groups in total.